The Labute approximate surface area is 81.4 Å². The molecule has 0 saturated heterocycles. The van der Waals surface area contributed by atoms with Crippen molar-refractivity contribution in [3.63, 3.8) is 0 Å². The molecule has 0 bridgehead atoms. The fraction of sp³-hybridized carbons (Fsp3) is 0.818. The van der Waals surface area contributed by atoms with Crippen LogP contribution in [0.3, 0.4) is 0 Å². The first-order chi connectivity index (χ1) is 6.05. The van der Waals surface area contributed by atoms with Crippen molar-refractivity contribution in [1.82, 2.24) is 5.32 Å². The van der Waals surface area contributed by atoms with E-state index in [1.165, 1.54) is 0 Å². The Morgan fingerprint density at radius 1 is 1.54 bits per heavy atom. The van der Waals surface area contributed by atoms with Crippen LogP contribution in [0, 0.1) is 5.41 Å². The topological polar surface area (TPSA) is 21.3 Å². The number of ether oxygens (including phenoxy) is 1. The minimum Gasteiger partial charge on any atom is -0.496 e. The maximum absolute atomic E-state index is 5.59. The monoisotopic (exact) mass is 183 g/mol. The number of rotatable bonds is 3. The van der Waals surface area contributed by atoms with Crippen LogP contribution in [0.25, 0.3) is 0 Å². The lowest BCUT2D eigenvalue weighted by Crippen LogP contribution is -2.41. The zero-order valence-corrected chi connectivity index (χ0v) is 9.18. The molecule has 13 heavy (non-hydrogen) atoms. The normalized spacial score (nSPS) is 19.5. The summed E-state index contributed by atoms with van der Waals surface area (Å²) in [7, 11) is 0. The van der Waals surface area contributed by atoms with Crippen molar-refractivity contribution in [1.29, 1.82) is 0 Å². The quantitative estimate of drug-likeness (QED) is 0.725. The second-order valence-electron chi connectivity index (χ2n) is 4.60. The van der Waals surface area contributed by atoms with Gasteiger partial charge in [-0.1, -0.05) is 27.7 Å². The highest BCUT2D eigenvalue weighted by Crippen LogP contribution is 2.28. The molecule has 0 fully saturated rings. The molecule has 0 aromatic rings. The molecule has 2 heteroatoms. The average molecular weight is 183 g/mol. The van der Waals surface area contributed by atoms with Crippen LogP contribution in [-0.2, 0) is 4.74 Å². The zero-order valence-electron chi connectivity index (χ0n) is 9.18. The smallest absolute Gasteiger partial charge is 0.110 e. The second kappa shape index (κ2) is 4.14. The fourth-order valence-electron chi connectivity index (χ4n) is 1.68. The van der Waals surface area contributed by atoms with E-state index in [2.05, 4.69) is 39.1 Å². The van der Waals surface area contributed by atoms with Crippen molar-refractivity contribution in [3.8, 4) is 0 Å². The first-order valence-corrected chi connectivity index (χ1v) is 5.12. The van der Waals surface area contributed by atoms with Gasteiger partial charge in [0, 0.05) is 6.42 Å². The van der Waals surface area contributed by atoms with Gasteiger partial charge >= 0.3 is 0 Å². The summed E-state index contributed by atoms with van der Waals surface area (Å²) in [5, 5.41) is 3.47. The predicted octanol–water partition coefficient (Wildman–Crippen LogP) is 2.31. The van der Waals surface area contributed by atoms with Crippen LogP contribution in [0.1, 0.15) is 34.1 Å². The van der Waals surface area contributed by atoms with Crippen molar-refractivity contribution >= 4 is 0 Å². The van der Waals surface area contributed by atoms with Crippen LogP contribution in [0.4, 0.5) is 0 Å². The Balaban J connectivity index is 2.67. The van der Waals surface area contributed by atoms with E-state index in [1.54, 1.807) is 0 Å². The summed E-state index contributed by atoms with van der Waals surface area (Å²) in [5.74, 6) is 1.13. The summed E-state index contributed by atoms with van der Waals surface area (Å²) in [5.41, 5.74) is 0.228. The second-order valence-corrected chi connectivity index (χ2v) is 4.60. The minimum absolute atomic E-state index is 0.228. The van der Waals surface area contributed by atoms with Gasteiger partial charge in [-0.25, -0.2) is 0 Å². The number of nitrogens with one attached hydrogen (secondary N) is 1. The first-order valence-electron chi connectivity index (χ1n) is 5.12. The van der Waals surface area contributed by atoms with Gasteiger partial charge < -0.3 is 10.1 Å². The van der Waals surface area contributed by atoms with Crippen LogP contribution < -0.4 is 5.32 Å². The van der Waals surface area contributed by atoms with Gasteiger partial charge in [0.2, 0.25) is 0 Å². The van der Waals surface area contributed by atoms with Gasteiger partial charge in [0.1, 0.15) is 5.76 Å². The summed E-state index contributed by atoms with van der Waals surface area (Å²) in [6.45, 7) is 10.7. The Morgan fingerprint density at radius 3 is 2.62 bits per heavy atom. The molecule has 1 unspecified atom stereocenters. The lowest BCUT2D eigenvalue weighted by atomic mass is 9.85. The molecular weight excluding hydrogens is 162 g/mol. The van der Waals surface area contributed by atoms with E-state index in [-0.39, 0.29) is 5.41 Å². The number of hydrogen-bond donors (Lipinski definition) is 1. The lowest BCUT2D eigenvalue weighted by Gasteiger charge is -2.31. The predicted molar refractivity (Wildman–Crippen MR) is 55.6 cm³/mol. The molecule has 0 spiro atoms. The average Bonchev–Trinajstić information content (AvgIpc) is 2.49. The number of likely N-dealkylation sites (N-methyl/N-ethyl adjacent to an activating group) is 1. The summed E-state index contributed by atoms with van der Waals surface area (Å²) in [4.78, 5) is 0. The van der Waals surface area contributed by atoms with Crippen LogP contribution in [0.2, 0.25) is 0 Å². The van der Waals surface area contributed by atoms with Gasteiger partial charge in [-0.15, -0.1) is 0 Å². The molecule has 0 amide bonds. The summed E-state index contributed by atoms with van der Waals surface area (Å²) in [6.07, 6.45) is 3.27. The fourth-order valence-corrected chi connectivity index (χ4v) is 1.68. The molecule has 0 aliphatic carbocycles. The Kier molecular flexibility index (Phi) is 3.37. The summed E-state index contributed by atoms with van der Waals surface area (Å²) in [6, 6.07) is 0.361. The molecule has 1 rings (SSSR count). The van der Waals surface area contributed by atoms with Crippen LogP contribution in [-0.4, -0.2) is 19.2 Å². The van der Waals surface area contributed by atoms with Gasteiger partial charge in [-0.3, -0.25) is 0 Å². The highest BCUT2D eigenvalue weighted by Gasteiger charge is 2.29. The molecule has 76 valence electrons. The molecule has 2 nitrogen and oxygen atoms in total. The highest BCUT2D eigenvalue weighted by molar-refractivity contribution is 5.10. The lowest BCUT2D eigenvalue weighted by molar-refractivity contribution is 0.169. The standard InChI is InChI=1S/C11H21NO/c1-5-12-10(11(2,3)4)9-7-6-8-13-9/h7,10,12H,5-6,8H2,1-4H3. The van der Waals surface area contributed by atoms with Crippen LogP contribution >= 0.6 is 0 Å². The Morgan fingerprint density at radius 2 is 2.23 bits per heavy atom. The third-order valence-corrected chi connectivity index (χ3v) is 2.29. The minimum atomic E-state index is 0.228. The van der Waals surface area contributed by atoms with Gasteiger partial charge in [-0.05, 0) is 18.0 Å². The Bertz CT molecular complexity index is 191. The summed E-state index contributed by atoms with van der Waals surface area (Å²) >= 11 is 0. The Hall–Kier alpha value is -0.500. The van der Waals surface area contributed by atoms with Crippen molar-refractivity contribution < 1.29 is 4.74 Å². The third kappa shape index (κ3) is 2.73. The molecule has 1 N–H and O–H groups in total. The molecule has 0 aromatic carbocycles. The highest BCUT2D eigenvalue weighted by atomic mass is 16.5. The molecule has 1 aliphatic heterocycles. The molecule has 1 atom stereocenters. The summed E-state index contributed by atoms with van der Waals surface area (Å²) < 4.78 is 5.59. The van der Waals surface area contributed by atoms with Gasteiger partial charge in [0.05, 0.1) is 12.6 Å². The molecule has 0 radical (unpaired) electrons. The molecular formula is C11H21NO. The van der Waals surface area contributed by atoms with E-state index in [0.717, 1.165) is 25.3 Å². The van der Waals surface area contributed by atoms with E-state index >= 15 is 0 Å². The van der Waals surface area contributed by atoms with E-state index in [9.17, 15) is 0 Å². The van der Waals surface area contributed by atoms with Crippen molar-refractivity contribution in [2.75, 3.05) is 13.2 Å². The van der Waals surface area contributed by atoms with E-state index in [1.807, 2.05) is 0 Å². The van der Waals surface area contributed by atoms with E-state index < -0.39 is 0 Å². The SMILES string of the molecule is CCNC(C1=CCCO1)C(C)(C)C. The van der Waals surface area contributed by atoms with Gasteiger partial charge in [-0.2, -0.15) is 0 Å². The van der Waals surface area contributed by atoms with E-state index in [4.69, 9.17) is 4.74 Å². The first kappa shape index (κ1) is 10.6. The van der Waals surface area contributed by atoms with Crippen LogP contribution in [0.5, 0.6) is 0 Å². The maximum atomic E-state index is 5.59. The number of hydrogen-bond acceptors (Lipinski definition) is 2. The third-order valence-electron chi connectivity index (χ3n) is 2.29. The van der Waals surface area contributed by atoms with Crippen LogP contribution in [0.15, 0.2) is 11.8 Å². The molecule has 0 aromatic heterocycles. The van der Waals surface area contributed by atoms with Crippen molar-refractivity contribution in [2.24, 2.45) is 5.41 Å². The molecule has 1 aliphatic rings. The van der Waals surface area contributed by atoms with Gasteiger partial charge in [0.25, 0.3) is 0 Å². The molecule has 0 saturated carbocycles. The maximum Gasteiger partial charge on any atom is 0.110 e. The van der Waals surface area contributed by atoms with Crippen molar-refractivity contribution in [2.45, 2.75) is 40.2 Å². The van der Waals surface area contributed by atoms with Gasteiger partial charge in [0.15, 0.2) is 0 Å². The zero-order chi connectivity index (χ0) is 9.90. The molecule has 1 heterocycles. The van der Waals surface area contributed by atoms with Crippen molar-refractivity contribution in [3.05, 3.63) is 11.8 Å². The van der Waals surface area contributed by atoms with E-state index in [0.29, 0.717) is 6.04 Å². The largest absolute Gasteiger partial charge is 0.496 e.